The number of methoxy groups -OCH3 is 2. The van der Waals surface area contributed by atoms with Crippen LogP contribution in [0, 0.1) is 43.4 Å². The second kappa shape index (κ2) is 18.5. The topological polar surface area (TPSA) is 96.2 Å². The number of halogens is 1. The summed E-state index contributed by atoms with van der Waals surface area (Å²) in [5.41, 5.74) is 1.35. The van der Waals surface area contributed by atoms with Gasteiger partial charge in [-0.2, -0.15) is 0 Å². The molecule has 3 N–H and O–H groups in total. The molecule has 1 saturated carbocycles. The molecule has 39 heavy (non-hydrogen) atoms. The number of ether oxygens (including phenoxy) is 2. The Bertz CT molecular complexity index is 1120. The van der Waals surface area contributed by atoms with E-state index in [0.29, 0.717) is 28.5 Å². The van der Waals surface area contributed by atoms with Crippen LogP contribution in [0.15, 0.2) is 60.4 Å². The summed E-state index contributed by atoms with van der Waals surface area (Å²) in [6.45, 7) is 6.54. The van der Waals surface area contributed by atoms with Crippen molar-refractivity contribution in [3.63, 3.8) is 0 Å². The van der Waals surface area contributed by atoms with Crippen molar-refractivity contribution in [1.29, 1.82) is 0 Å². The Balaban J connectivity index is 0.00000102. The largest absolute Gasteiger partial charge is 2.00 e. The van der Waals surface area contributed by atoms with Crippen LogP contribution in [-0.2, 0) is 24.3 Å². The molecule has 0 spiro atoms. The molecule has 208 valence electrons. The fraction of sp³-hybridized carbons (Fsp3) is 0.194. The molecule has 8 heteroatoms. The Morgan fingerprint density at radius 2 is 1.28 bits per heavy atom. The Morgan fingerprint density at radius 1 is 0.821 bits per heavy atom. The summed E-state index contributed by atoms with van der Waals surface area (Å²) in [5, 5.41) is 29.0. The molecule has 6 radical (unpaired) electrons. The maximum atomic E-state index is 11.9. The molecule has 1 fully saturated rings. The first-order valence-electron chi connectivity index (χ1n) is 11.7. The summed E-state index contributed by atoms with van der Waals surface area (Å²) in [7, 11) is 2.87. The van der Waals surface area contributed by atoms with Gasteiger partial charge in [-0.3, -0.25) is 4.79 Å². The van der Waals surface area contributed by atoms with E-state index in [1.165, 1.54) is 50.3 Å². The summed E-state index contributed by atoms with van der Waals surface area (Å²) in [6, 6.07) is 9.38. The summed E-state index contributed by atoms with van der Waals surface area (Å²) in [6.07, 6.45) is 15.6. The first-order chi connectivity index (χ1) is 17.6. The van der Waals surface area contributed by atoms with E-state index in [2.05, 4.69) is 46.5 Å². The third kappa shape index (κ3) is 12.8. The monoisotopic (exact) mass is 639 g/mol. The van der Waals surface area contributed by atoms with Crippen LogP contribution in [0.1, 0.15) is 31.9 Å². The van der Waals surface area contributed by atoms with Gasteiger partial charge in [0.2, 0.25) is 0 Å². The maximum Gasteiger partial charge on any atom is 2.00 e. The number of phenolic OH excluding ortho intramolecular Hbond substituents is 2. The molecule has 0 atom stereocenters. The normalized spacial score (nSPS) is 14.4. The zero-order valence-corrected chi connectivity index (χ0v) is 25.0. The third-order valence-corrected chi connectivity index (χ3v) is 5.33. The molecule has 2 aromatic rings. The molecular weight excluding hydrogens is 605 g/mol. The van der Waals surface area contributed by atoms with E-state index in [4.69, 9.17) is 9.47 Å². The molecule has 0 unspecified atom stereocenters. The van der Waals surface area contributed by atoms with Crippen molar-refractivity contribution in [2.75, 3.05) is 14.2 Å². The van der Waals surface area contributed by atoms with Crippen molar-refractivity contribution < 1.29 is 61.5 Å². The smallest absolute Gasteiger partial charge is 1.00 e. The SMILES string of the molecule is COc1cc(/C=C/C(=O)/C=C(O)/C=C/c2ccc(O)c(OC)c2)ccc1O.C[C]1[CH][CH][C](C(C)C)[CH][CH]1.[Cl-].[Ru+2]. The van der Waals surface area contributed by atoms with E-state index in [1.54, 1.807) is 36.4 Å². The van der Waals surface area contributed by atoms with Crippen molar-refractivity contribution in [2.45, 2.75) is 20.8 Å². The molecule has 1 aliphatic carbocycles. The molecule has 0 aliphatic heterocycles. The van der Waals surface area contributed by atoms with Crippen LogP contribution in [0.4, 0.5) is 0 Å². The molecule has 6 nitrogen and oxygen atoms in total. The van der Waals surface area contributed by atoms with Crippen molar-refractivity contribution in [3.05, 3.63) is 109 Å². The van der Waals surface area contributed by atoms with Gasteiger partial charge in [0, 0.05) is 6.08 Å². The predicted octanol–water partition coefficient (Wildman–Crippen LogP) is 3.50. The average molecular weight is 639 g/mol. The van der Waals surface area contributed by atoms with Crippen molar-refractivity contribution in [2.24, 2.45) is 5.92 Å². The van der Waals surface area contributed by atoms with Gasteiger partial charge in [0.15, 0.2) is 28.8 Å². The first kappa shape index (κ1) is 36.2. The Labute approximate surface area is 251 Å². The van der Waals surface area contributed by atoms with Gasteiger partial charge in [0.05, 0.1) is 14.2 Å². The fourth-order valence-corrected chi connectivity index (χ4v) is 3.15. The Kier molecular flexibility index (Phi) is 17.2. The van der Waals surface area contributed by atoms with Gasteiger partial charge in [-0.05, 0) is 91.0 Å². The minimum Gasteiger partial charge on any atom is -1.00 e. The molecule has 2 aromatic carbocycles. The molecule has 0 aromatic heterocycles. The van der Waals surface area contributed by atoms with Gasteiger partial charge in [-0.15, -0.1) is 0 Å². The Morgan fingerprint density at radius 3 is 1.72 bits per heavy atom. The number of ketones is 1. The van der Waals surface area contributed by atoms with Crippen LogP contribution < -0.4 is 21.9 Å². The number of allylic oxidation sites excluding steroid dienone is 3. The average Bonchev–Trinajstić information content (AvgIpc) is 2.88. The van der Waals surface area contributed by atoms with Crippen LogP contribution in [0.2, 0.25) is 0 Å². The maximum absolute atomic E-state index is 11.9. The number of rotatable bonds is 8. The van der Waals surface area contributed by atoms with E-state index in [1.807, 2.05) is 0 Å². The van der Waals surface area contributed by atoms with E-state index in [9.17, 15) is 20.1 Å². The van der Waals surface area contributed by atoms with Crippen molar-refractivity contribution in [1.82, 2.24) is 0 Å². The third-order valence-electron chi connectivity index (χ3n) is 5.33. The van der Waals surface area contributed by atoms with Crippen molar-refractivity contribution >= 4 is 17.9 Å². The number of benzene rings is 2. The molecule has 0 bridgehead atoms. The molecule has 0 heterocycles. The molecule has 0 saturated heterocycles. The minimum absolute atomic E-state index is 0. The number of aliphatic hydroxyl groups excluding tert-OH is 1. The number of aliphatic hydroxyl groups is 1. The molecule has 3 rings (SSSR count). The zero-order chi connectivity index (χ0) is 27.4. The number of carbonyl (C=O) groups excluding carboxylic acids is 1. The molecular formula is C31H34ClO6Ru+. The minimum atomic E-state index is -0.410. The number of hydrogen-bond donors (Lipinski definition) is 3. The van der Waals surface area contributed by atoms with Gasteiger partial charge >= 0.3 is 19.5 Å². The summed E-state index contributed by atoms with van der Waals surface area (Å²) < 4.78 is 10.0. The predicted molar refractivity (Wildman–Crippen MR) is 147 cm³/mol. The van der Waals surface area contributed by atoms with E-state index >= 15 is 0 Å². The second-order valence-electron chi connectivity index (χ2n) is 8.57. The summed E-state index contributed by atoms with van der Waals surface area (Å²) >= 11 is 0. The Hall–Kier alpha value is -2.76. The number of carbonyl (C=O) groups is 1. The number of phenols is 2. The molecule has 1 aliphatic rings. The van der Waals surface area contributed by atoms with Crippen LogP contribution in [0.5, 0.6) is 23.0 Å². The molecule has 0 amide bonds. The number of aromatic hydroxyl groups is 2. The van der Waals surface area contributed by atoms with Crippen molar-refractivity contribution in [3.8, 4) is 23.0 Å². The van der Waals surface area contributed by atoms with Gasteiger partial charge in [-0.1, -0.05) is 45.1 Å². The summed E-state index contributed by atoms with van der Waals surface area (Å²) in [4.78, 5) is 11.9. The fourth-order valence-electron chi connectivity index (χ4n) is 3.15. The van der Waals surface area contributed by atoms with Crippen LogP contribution in [-0.4, -0.2) is 35.3 Å². The number of hydrogen-bond acceptors (Lipinski definition) is 6. The van der Waals surface area contributed by atoms with Gasteiger partial charge in [0.1, 0.15) is 5.76 Å². The van der Waals surface area contributed by atoms with Gasteiger partial charge < -0.3 is 37.2 Å². The van der Waals surface area contributed by atoms with E-state index in [0.717, 1.165) is 6.08 Å². The quantitative estimate of drug-likeness (QED) is 0.177. The van der Waals surface area contributed by atoms with Gasteiger partial charge in [-0.25, -0.2) is 0 Å². The van der Waals surface area contributed by atoms with Crippen LogP contribution in [0.25, 0.3) is 12.2 Å². The second-order valence-corrected chi connectivity index (χ2v) is 8.57. The van der Waals surface area contributed by atoms with E-state index in [-0.39, 0.29) is 49.1 Å². The van der Waals surface area contributed by atoms with Gasteiger partial charge in [0.25, 0.3) is 0 Å². The van der Waals surface area contributed by atoms with Crippen LogP contribution in [0.3, 0.4) is 0 Å². The zero-order valence-electron chi connectivity index (χ0n) is 22.5. The van der Waals surface area contributed by atoms with E-state index < -0.39 is 5.78 Å². The van der Waals surface area contributed by atoms with Crippen LogP contribution >= 0.6 is 0 Å². The summed E-state index contributed by atoms with van der Waals surface area (Å²) in [5.74, 6) is 3.41. The first-order valence-corrected chi connectivity index (χ1v) is 11.7. The standard InChI is InChI=1S/C21H20O6.C10H14.ClH.Ru/c1-26-20-11-14(5-9-18(20)24)3-7-16(22)13-17(23)8-4-15-6-10-19(25)21(12-15)27-2;1-8(2)10-6-4-9(3)5-7-10;;/h3-13,22,24-25H,1-2H3;4-8H,1-3H3;1H;/q;;;+2/p-1/b7-3+,8-4+,16-13-;;;.